The molecule has 3 heterocycles. The van der Waals surface area contributed by atoms with E-state index in [-0.39, 0.29) is 17.5 Å². The number of ether oxygens (including phenoxy) is 4. The standard InChI is InChI=1S/C31H52N2O8/c1-10-24-31(8)27(33(29(37)41-31)13-11-12-32-14-16-39-17-15-32)21(4)25(34)19(2)18-30(7,38-9)23(6)20(3)26(35)22(5)28(36)40-24/h19-24,27H,10-18H2,1-9H3/t19-,20-,21+,22-,23-,24-,27-,30-,31-/m1/s1. The van der Waals surface area contributed by atoms with Crippen LogP contribution in [0.4, 0.5) is 4.79 Å². The molecule has 0 unspecified atom stereocenters. The lowest BCUT2D eigenvalue weighted by atomic mass is 9.70. The average Bonchev–Trinajstić information content (AvgIpc) is 3.22. The van der Waals surface area contributed by atoms with Crippen LogP contribution in [0, 0.1) is 29.6 Å². The van der Waals surface area contributed by atoms with Gasteiger partial charge in [-0.2, -0.15) is 0 Å². The van der Waals surface area contributed by atoms with Crippen LogP contribution in [0.5, 0.6) is 0 Å². The third kappa shape index (κ3) is 6.80. The fraction of sp³-hybridized carbons (Fsp3) is 0.871. The van der Waals surface area contributed by atoms with Gasteiger partial charge in [-0.25, -0.2) is 4.79 Å². The highest BCUT2D eigenvalue weighted by Gasteiger charge is 2.60. The summed E-state index contributed by atoms with van der Waals surface area (Å²) >= 11 is 0. The molecular formula is C31H52N2O8. The SMILES string of the molecule is CC[C@H]1OC(=O)[C@H](C)C(=O)[C@H](C)[C@@H](C)[C@](C)(OC)C[C@@H](C)C(=O)[C@H](C)[C@H]2N(CCCN3CCOCC3)C(=O)O[C@]12C. The van der Waals surface area contributed by atoms with Crippen LogP contribution in [0.15, 0.2) is 0 Å². The van der Waals surface area contributed by atoms with Gasteiger partial charge in [0.15, 0.2) is 5.60 Å². The Balaban J connectivity index is 2.00. The van der Waals surface area contributed by atoms with E-state index in [0.717, 1.165) is 19.6 Å². The Hall–Kier alpha value is -2.04. The number of carbonyl (C=O) groups excluding carboxylic acids is 4. The number of Topliss-reactive ketones (excluding diaryl/α,β-unsaturated/α-hetero) is 2. The largest absolute Gasteiger partial charge is 0.458 e. The zero-order chi connectivity index (χ0) is 30.7. The maximum absolute atomic E-state index is 14.1. The lowest BCUT2D eigenvalue weighted by Gasteiger charge is -2.43. The second kappa shape index (κ2) is 13.5. The molecule has 3 saturated heterocycles. The minimum Gasteiger partial charge on any atom is -0.458 e. The van der Waals surface area contributed by atoms with Crippen LogP contribution >= 0.6 is 0 Å². The smallest absolute Gasteiger partial charge is 0.410 e. The van der Waals surface area contributed by atoms with E-state index in [1.165, 1.54) is 0 Å². The summed E-state index contributed by atoms with van der Waals surface area (Å²) in [5.41, 5.74) is -2.06. The lowest BCUT2D eigenvalue weighted by molar-refractivity contribution is -0.172. The van der Waals surface area contributed by atoms with Gasteiger partial charge >= 0.3 is 12.1 Å². The third-order valence-corrected chi connectivity index (χ3v) is 10.2. The maximum atomic E-state index is 14.1. The summed E-state index contributed by atoms with van der Waals surface area (Å²) < 4.78 is 23.4. The first-order chi connectivity index (χ1) is 19.2. The normalized spacial score (nSPS) is 40.1. The molecular weight excluding hydrogens is 528 g/mol. The van der Waals surface area contributed by atoms with Gasteiger partial charge < -0.3 is 23.8 Å². The van der Waals surface area contributed by atoms with Crippen LogP contribution < -0.4 is 0 Å². The number of hydrogen-bond acceptors (Lipinski definition) is 9. The first kappa shape index (κ1) is 33.5. The Morgan fingerprint density at radius 1 is 0.927 bits per heavy atom. The predicted molar refractivity (Wildman–Crippen MR) is 153 cm³/mol. The topological polar surface area (TPSA) is 112 Å². The van der Waals surface area contributed by atoms with E-state index in [1.54, 1.807) is 32.8 Å². The molecule has 41 heavy (non-hydrogen) atoms. The molecule has 0 aliphatic carbocycles. The highest BCUT2D eigenvalue weighted by molar-refractivity contribution is 6.00. The molecule has 0 aromatic heterocycles. The second-order valence-electron chi connectivity index (χ2n) is 12.8. The first-order valence-electron chi connectivity index (χ1n) is 15.3. The van der Waals surface area contributed by atoms with Crippen molar-refractivity contribution in [2.75, 3.05) is 46.5 Å². The van der Waals surface area contributed by atoms with Crippen molar-refractivity contribution < 1.29 is 38.1 Å². The highest BCUT2D eigenvalue weighted by atomic mass is 16.6. The molecule has 0 N–H and O–H groups in total. The van der Waals surface area contributed by atoms with Crippen molar-refractivity contribution >= 4 is 23.6 Å². The molecule has 234 valence electrons. The van der Waals surface area contributed by atoms with Crippen molar-refractivity contribution in [3.63, 3.8) is 0 Å². The van der Waals surface area contributed by atoms with Crippen LogP contribution in [-0.2, 0) is 33.3 Å². The number of ketones is 2. The van der Waals surface area contributed by atoms with Gasteiger partial charge in [-0.15, -0.1) is 0 Å². The summed E-state index contributed by atoms with van der Waals surface area (Å²) in [6.07, 6.45) is 0.125. The number of nitrogens with zero attached hydrogens (tertiary/aromatic N) is 2. The molecule has 3 aliphatic heterocycles. The molecule has 3 rings (SSSR count). The van der Waals surface area contributed by atoms with Crippen molar-refractivity contribution in [1.29, 1.82) is 0 Å². The Morgan fingerprint density at radius 3 is 2.15 bits per heavy atom. The summed E-state index contributed by atoms with van der Waals surface area (Å²) in [6.45, 7) is 18.9. The molecule has 10 nitrogen and oxygen atoms in total. The van der Waals surface area contributed by atoms with Crippen LogP contribution in [-0.4, -0.2) is 103 Å². The summed E-state index contributed by atoms with van der Waals surface area (Å²) in [4.78, 5) is 58.3. The zero-order valence-electron chi connectivity index (χ0n) is 26.6. The monoisotopic (exact) mass is 580 g/mol. The van der Waals surface area contributed by atoms with E-state index in [1.807, 2.05) is 34.6 Å². The molecule has 9 atom stereocenters. The number of fused-ring (bicyclic) bond motifs is 1. The van der Waals surface area contributed by atoms with Crippen molar-refractivity contribution in [3.8, 4) is 0 Å². The summed E-state index contributed by atoms with van der Waals surface area (Å²) in [6, 6.07) is -0.647. The summed E-state index contributed by atoms with van der Waals surface area (Å²) in [5, 5.41) is 0. The minimum atomic E-state index is -1.27. The van der Waals surface area contributed by atoms with Crippen molar-refractivity contribution in [3.05, 3.63) is 0 Å². The second-order valence-corrected chi connectivity index (χ2v) is 12.8. The molecule has 3 aliphatic rings. The van der Waals surface area contributed by atoms with Gasteiger partial charge in [-0.3, -0.25) is 19.3 Å². The van der Waals surface area contributed by atoms with Crippen molar-refractivity contribution in [1.82, 2.24) is 9.80 Å². The van der Waals surface area contributed by atoms with Crippen LogP contribution in [0.2, 0.25) is 0 Å². The number of amides is 1. The summed E-state index contributed by atoms with van der Waals surface area (Å²) in [7, 11) is 1.59. The van der Waals surface area contributed by atoms with Gasteiger partial charge in [0.25, 0.3) is 0 Å². The van der Waals surface area contributed by atoms with Gasteiger partial charge in [-0.05, 0) is 46.0 Å². The molecule has 0 aromatic carbocycles. The number of morpholine rings is 1. The lowest BCUT2D eigenvalue weighted by Crippen LogP contribution is -2.58. The van der Waals surface area contributed by atoms with Gasteiger partial charge in [0, 0.05) is 51.0 Å². The summed E-state index contributed by atoms with van der Waals surface area (Å²) in [5.74, 6) is -3.65. The molecule has 0 saturated carbocycles. The van der Waals surface area contributed by atoms with Gasteiger partial charge in [0.05, 0.1) is 24.9 Å². The molecule has 0 spiro atoms. The van der Waals surface area contributed by atoms with E-state index in [4.69, 9.17) is 18.9 Å². The zero-order valence-corrected chi connectivity index (χ0v) is 26.6. The maximum Gasteiger partial charge on any atom is 0.410 e. The van der Waals surface area contributed by atoms with Gasteiger partial charge in [0.1, 0.15) is 23.6 Å². The average molecular weight is 581 g/mol. The molecule has 0 aromatic rings. The molecule has 3 fully saturated rings. The van der Waals surface area contributed by atoms with E-state index < -0.39 is 59.1 Å². The molecule has 0 bridgehead atoms. The highest BCUT2D eigenvalue weighted by Crippen LogP contribution is 2.43. The fourth-order valence-electron chi connectivity index (χ4n) is 7.17. The Labute approximate surface area is 245 Å². The molecule has 0 radical (unpaired) electrons. The van der Waals surface area contributed by atoms with E-state index in [0.29, 0.717) is 39.0 Å². The van der Waals surface area contributed by atoms with Crippen LogP contribution in [0.3, 0.4) is 0 Å². The first-order valence-corrected chi connectivity index (χ1v) is 15.3. The Kier molecular flexibility index (Phi) is 11.0. The van der Waals surface area contributed by atoms with Crippen LogP contribution in [0.1, 0.15) is 74.7 Å². The van der Waals surface area contributed by atoms with Crippen molar-refractivity contribution in [2.45, 2.75) is 98.0 Å². The number of rotatable bonds is 6. The quantitative estimate of drug-likeness (QED) is 0.343. The third-order valence-electron chi connectivity index (χ3n) is 10.2. The number of cyclic esters (lactones) is 1. The van der Waals surface area contributed by atoms with Gasteiger partial charge in [0.2, 0.25) is 0 Å². The van der Waals surface area contributed by atoms with E-state index in [9.17, 15) is 19.2 Å². The van der Waals surface area contributed by atoms with E-state index in [2.05, 4.69) is 4.90 Å². The Morgan fingerprint density at radius 2 is 1.56 bits per heavy atom. The minimum absolute atomic E-state index is 0.0150. The molecule has 1 amide bonds. The number of methoxy groups -OCH3 is 1. The van der Waals surface area contributed by atoms with Crippen LogP contribution in [0.25, 0.3) is 0 Å². The number of hydrogen-bond donors (Lipinski definition) is 0. The Bertz CT molecular complexity index is 968. The predicted octanol–water partition coefficient (Wildman–Crippen LogP) is 3.74. The molecule has 10 heteroatoms. The van der Waals surface area contributed by atoms with Crippen molar-refractivity contribution in [2.24, 2.45) is 29.6 Å². The van der Waals surface area contributed by atoms with E-state index >= 15 is 0 Å². The van der Waals surface area contributed by atoms with Gasteiger partial charge in [-0.1, -0.05) is 34.6 Å². The number of esters is 1. The number of carbonyl (C=O) groups is 4. The fourth-order valence-corrected chi connectivity index (χ4v) is 7.17.